The summed E-state index contributed by atoms with van der Waals surface area (Å²) in [6.07, 6.45) is 5.89. The number of ether oxygens (including phenoxy) is 1. The summed E-state index contributed by atoms with van der Waals surface area (Å²) in [5.74, 6) is -0.404. The number of benzene rings is 1. The molecule has 31 heavy (non-hydrogen) atoms. The van der Waals surface area contributed by atoms with E-state index in [1.54, 1.807) is 4.68 Å². The maximum atomic E-state index is 12.7. The number of sulfone groups is 1. The average Bonchev–Trinajstić information content (AvgIpc) is 3.44. The molecule has 4 rings (SSSR count). The molecule has 0 unspecified atom stereocenters. The number of thioether (sulfide) groups is 1. The van der Waals surface area contributed by atoms with Crippen LogP contribution in [0.3, 0.4) is 0 Å². The van der Waals surface area contributed by atoms with Crippen LogP contribution < -0.4 is 0 Å². The van der Waals surface area contributed by atoms with Gasteiger partial charge in [-0.1, -0.05) is 23.4 Å². The van der Waals surface area contributed by atoms with E-state index in [1.165, 1.54) is 30.0 Å². The minimum absolute atomic E-state index is 0.00592. The van der Waals surface area contributed by atoms with E-state index in [9.17, 15) is 18.0 Å². The molecule has 1 fully saturated rings. The number of carbonyl (C=O) groups excluding carboxylic acids is 2. The third-order valence-electron chi connectivity index (χ3n) is 4.91. The Hall–Kier alpha value is -2.24. The van der Waals surface area contributed by atoms with Gasteiger partial charge < -0.3 is 4.74 Å². The molecule has 0 atom stereocenters. The summed E-state index contributed by atoms with van der Waals surface area (Å²) in [4.78, 5) is 24.3. The van der Waals surface area contributed by atoms with E-state index in [-0.39, 0.29) is 44.4 Å². The van der Waals surface area contributed by atoms with E-state index in [0.717, 1.165) is 19.1 Å². The number of halogens is 1. The van der Waals surface area contributed by atoms with E-state index < -0.39 is 15.8 Å². The van der Waals surface area contributed by atoms with E-state index in [0.29, 0.717) is 24.4 Å². The summed E-state index contributed by atoms with van der Waals surface area (Å²) in [6.45, 7) is 0. The van der Waals surface area contributed by atoms with Crippen molar-refractivity contribution in [1.82, 2.24) is 20.2 Å². The Balaban J connectivity index is 1.63. The monoisotopic (exact) mass is 482 g/mol. The number of allylic oxidation sites excluding steroid dienone is 2. The third kappa shape index (κ3) is 4.99. The molecule has 1 aromatic carbocycles. The van der Waals surface area contributed by atoms with E-state index in [4.69, 9.17) is 16.3 Å². The highest BCUT2D eigenvalue weighted by Gasteiger charge is 2.29. The molecule has 0 radical (unpaired) electrons. The van der Waals surface area contributed by atoms with Gasteiger partial charge in [0.1, 0.15) is 5.76 Å². The summed E-state index contributed by atoms with van der Waals surface area (Å²) in [5.41, 5.74) is 0.313. The molecule has 1 saturated carbocycles. The van der Waals surface area contributed by atoms with E-state index in [1.807, 2.05) is 0 Å². The van der Waals surface area contributed by atoms with Crippen molar-refractivity contribution in [3.8, 4) is 0 Å². The Kier molecular flexibility index (Phi) is 6.18. The van der Waals surface area contributed by atoms with Crippen molar-refractivity contribution in [1.29, 1.82) is 0 Å². The van der Waals surface area contributed by atoms with Gasteiger partial charge in [-0.3, -0.25) is 4.79 Å². The molecule has 2 aromatic rings. The number of tetrazole rings is 1. The number of nitrogens with zero attached hydrogens (tertiary/aromatic N) is 4. The van der Waals surface area contributed by atoms with Gasteiger partial charge in [0.25, 0.3) is 0 Å². The molecular formula is C19H19ClN4O5S2. The molecular weight excluding hydrogens is 464 g/mol. The Morgan fingerprint density at radius 1 is 1.32 bits per heavy atom. The number of aromatic nitrogens is 4. The fourth-order valence-corrected chi connectivity index (χ4v) is 5.68. The number of hydrogen-bond donors (Lipinski definition) is 0. The molecule has 0 aliphatic heterocycles. The van der Waals surface area contributed by atoms with E-state index >= 15 is 0 Å². The number of esters is 1. The molecule has 164 valence electrons. The fourth-order valence-electron chi connectivity index (χ4n) is 3.22. The smallest absolute Gasteiger partial charge is 0.344 e. The molecule has 1 heterocycles. The van der Waals surface area contributed by atoms with Crippen molar-refractivity contribution in [2.45, 2.75) is 54.0 Å². The Morgan fingerprint density at radius 2 is 2.10 bits per heavy atom. The minimum Gasteiger partial charge on any atom is -0.427 e. The maximum absolute atomic E-state index is 12.7. The zero-order chi connectivity index (χ0) is 22.2. The van der Waals surface area contributed by atoms with Gasteiger partial charge in [-0.15, -0.1) is 5.10 Å². The highest BCUT2D eigenvalue weighted by molar-refractivity contribution is 7.98. The van der Waals surface area contributed by atoms with Crippen LogP contribution in [0.4, 0.5) is 0 Å². The van der Waals surface area contributed by atoms with Crippen molar-refractivity contribution in [3.63, 3.8) is 0 Å². The first-order valence-corrected chi connectivity index (χ1v) is 12.9. The normalized spacial score (nSPS) is 16.8. The van der Waals surface area contributed by atoms with Gasteiger partial charge >= 0.3 is 5.97 Å². The van der Waals surface area contributed by atoms with Crippen LogP contribution in [-0.4, -0.2) is 46.6 Å². The van der Waals surface area contributed by atoms with Crippen LogP contribution >= 0.6 is 23.4 Å². The van der Waals surface area contributed by atoms with Crippen molar-refractivity contribution in [2.75, 3.05) is 6.26 Å². The molecule has 2 aliphatic carbocycles. The highest BCUT2D eigenvalue weighted by Crippen LogP contribution is 2.38. The molecule has 0 bridgehead atoms. The van der Waals surface area contributed by atoms with Crippen molar-refractivity contribution < 1.29 is 22.7 Å². The Bertz CT molecular complexity index is 1190. The SMILES string of the molecule is CS(=O)(=O)c1ccc(C(=O)OC2=CC(=O)CCC2)c(Cl)c1CSc1nnnn1C1CC1. The van der Waals surface area contributed by atoms with E-state index in [2.05, 4.69) is 15.5 Å². The zero-order valence-electron chi connectivity index (χ0n) is 16.6. The lowest BCUT2D eigenvalue weighted by Gasteiger charge is -2.15. The summed E-state index contributed by atoms with van der Waals surface area (Å²) >= 11 is 7.74. The van der Waals surface area contributed by atoms with Gasteiger partial charge in [-0.05, 0) is 41.8 Å². The quantitative estimate of drug-likeness (QED) is 0.432. The summed E-state index contributed by atoms with van der Waals surface area (Å²) in [6, 6.07) is 2.93. The van der Waals surface area contributed by atoms with Crippen molar-refractivity contribution in [2.24, 2.45) is 0 Å². The van der Waals surface area contributed by atoms with Crippen molar-refractivity contribution in [3.05, 3.63) is 40.1 Å². The highest BCUT2D eigenvalue weighted by atomic mass is 35.5. The van der Waals surface area contributed by atoms with Crippen LogP contribution in [0.1, 0.15) is 54.1 Å². The number of rotatable bonds is 7. The lowest BCUT2D eigenvalue weighted by atomic mass is 10.1. The molecule has 12 heteroatoms. The molecule has 0 amide bonds. The van der Waals surface area contributed by atoms with Gasteiger partial charge in [0.2, 0.25) is 5.16 Å². The number of hydrogen-bond acceptors (Lipinski definition) is 9. The predicted molar refractivity (Wildman–Crippen MR) is 113 cm³/mol. The first-order valence-electron chi connectivity index (χ1n) is 9.61. The largest absolute Gasteiger partial charge is 0.427 e. The lowest BCUT2D eigenvalue weighted by molar-refractivity contribution is -0.115. The summed E-state index contributed by atoms with van der Waals surface area (Å²) < 4.78 is 31.7. The van der Waals surface area contributed by atoms with Crippen LogP contribution in [0.2, 0.25) is 5.02 Å². The molecule has 2 aliphatic rings. The second-order valence-corrected chi connectivity index (χ2v) is 10.7. The van der Waals surface area contributed by atoms with Gasteiger partial charge in [-0.25, -0.2) is 17.9 Å². The van der Waals surface area contributed by atoms with Crippen LogP contribution in [-0.2, 0) is 25.1 Å². The minimum atomic E-state index is -3.60. The summed E-state index contributed by atoms with van der Waals surface area (Å²) in [5, 5.41) is 12.2. The average molecular weight is 483 g/mol. The molecule has 0 N–H and O–H groups in total. The topological polar surface area (TPSA) is 121 Å². The lowest BCUT2D eigenvalue weighted by Crippen LogP contribution is -2.12. The van der Waals surface area contributed by atoms with Crippen LogP contribution in [0.15, 0.2) is 34.0 Å². The second-order valence-electron chi connectivity index (χ2n) is 7.42. The summed E-state index contributed by atoms with van der Waals surface area (Å²) in [7, 11) is -3.60. The predicted octanol–water partition coefficient (Wildman–Crippen LogP) is 3.15. The first-order chi connectivity index (χ1) is 14.7. The van der Waals surface area contributed by atoms with Gasteiger partial charge in [0.05, 0.1) is 21.5 Å². The number of ketones is 1. The van der Waals surface area contributed by atoms with Crippen LogP contribution in [0.5, 0.6) is 0 Å². The van der Waals surface area contributed by atoms with Crippen LogP contribution in [0, 0.1) is 0 Å². The second kappa shape index (κ2) is 8.71. The van der Waals surface area contributed by atoms with Gasteiger partial charge in [-0.2, -0.15) is 0 Å². The Morgan fingerprint density at radius 3 is 2.77 bits per heavy atom. The number of carbonyl (C=O) groups is 2. The van der Waals surface area contributed by atoms with Gasteiger partial charge in [0.15, 0.2) is 15.6 Å². The van der Waals surface area contributed by atoms with Gasteiger partial charge in [0, 0.05) is 36.5 Å². The molecule has 0 saturated heterocycles. The molecule has 1 aromatic heterocycles. The molecule has 0 spiro atoms. The van der Waals surface area contributed by atoms with Crippen LogP contribution in [0.25, 0.3) is 0 Å². The zero-order valence-corrected chi connectivity index (χ0v) is 19.0. The maximum Gasteiger partial charge on any atom is 0.344 e. The Labute approximate surface area is 188 Å². The first kappa shape index (κ1) is 22.0. The standard InChI is InChI=1S/C19H19ClN4O5S2/c1-31(27,28)16-8-7-14(18(26)29-13-4-2-3-12(25)9-13)17(20)15(16)10-30-19-21-22-23-24(19)11-5-6-11/h7-9,11H,2-6,10H2,1H3. The van der Waals surface area contributed by atoms with Crippen molar-refractivity contribution >= 4 is 45.0 Å². The third-order valence-corrected chi connectivity index (χ3v) is 7.49. The fraction of sp³-hybridized carbons (Fsp3) is 0.421. The molecule has 9 nitrogen and oxygen atoms in total.